The van der Waals surface area contributed by atoms with Gasteiger partial charge in [-0.1, -0.05) is 0 Å². The van der Waals surface area contributed by atoms with Gasteiger partial charge in [-0.3, -0.25) is 9.89 Å². The van der Waals surface area contributed by atoms with Crippen molar-refractivity contribution < 1.29 is 4.79 Å². The number of hydrogen-bond acceptors (Lipinski definition) is 3. The fraction of sp³-hybridized carbons (Fsp3) is 0.667. The molecule has 1 aromatic heterocycles. The van der Waals surface area contributed by atoms with E-state index in [0.717, 1.165) is 43.7 Å². The van der Waals surface area contributed by atoms with Crippen LogP contribution in [0.4, 0.5) is 5.82 Å². The predicted octanol–water partition coefficient (Wildman–Crippen LogP) is 0.749. The quantitative estimate of drug-likeness (QED) is 0.811. The Labute approximate surface area is 101 Å². The van der Waals surface area contributed by atoms with E-state index in [-0.39, 0.29) is 5.91 Å². The summed E-state index contributed by atoms with van der Waals surface area (Å²) in [5, 5.41) is 10.3. The van der Waals surface area contributed by atoms with Crippen molar-refractivity contribution in [3.05, 3.63) is 11.3 Å². The van der Waals surface area contributed by atoms with Crippen molar-refractivity contribution in [2.75, 3.05) is 18.0 Å². The molecule has 0 spiro atoms. The first-order chi connectivity index (χ1) is 8.24. The molecule has 17 heavy (non-hydrogen) atoms. The Balaban J connectivity index is 1.69. The Bertz CT molecular complexity index is 436. The number of fused-ring (bicyclic) bond motifs is 1. The largest absolute Gasteiger partial charge is 0.352 e. The lowest BCUT2D eigenvalue weighted by Gasteiger charge is -2.27. The zero-order valence-corrected chi connectivity index (χ0v) is 10.1. The van der Waals surface area contributed by atoms with E-state index in [0.29, 0.717) is 12.6 Å². The molecule has 0 aromatic carbocycles. The lowest BCUT2D eigenvalue weighted by molar-refractivity contribution is -0.119. The van der Waals surface area contributed by atoms with E-state index >= 15 is 0 Å². The van der Waals surface area contributed by atoms with Crippen LogP contribution >= 0.6 is 0 Å². The number of amides is 1. The molecule has 1 fully saturated rings. The highest BCUT2D eigenvalue weighted by molar-refractivity contribution is 5.82. The number of carbonyl (C=O) groups is 1. The molecule has 1 aromatic rings. The molecule has 1 amide bonds. The van der Waals surface area contributed by atoms with Gasteiger partial charge in [0.1, 0.15) is 0 Å². The highest BCUT2D eigenvalue weighted by Gasteiger charge is 2.26. The highest BCUT2D eigenvalue weighted by atomic mass is 16.2. The van der Waals surface area contributed by atoms with Crippen molar-refractivity contribution in [1.29, 1.82) is 0 Å². The summed E-state index contributed by atoms with van der Waals surface area (Å²) in [6.07, 6.45) is 4.44. The number of nitrogens with zero attached hydrogens (tertiary/aromatic N) is 2. The maximum atomic E-state index is 11.8. The molecule has 2 heterocycles. The fourth-order valence-corrected chi connectivity index (χ4v) is 2.38. The van der Waals surface area contributed by atoms with E-state index in [9.17, 15) is 4.79 Å². The van der Waals surface area contributed by atoms with Crippen LogP contribution in [0.1, 0.15) is 30.5 Å². The molecule has 3 rings (SSSR count). The molecular weight excluding hydrogens is 216 g/mol. The van der Waals surface area contributed by atoms with Crippen LogP contribution in [0.3, 0.4) is 0 Å². The molecule has 92 valence electrons. The summed E-state index contributed by atoms with van der Waals surface area (Å²) in [6, 6.07) is 0.438. The lowest BCUT2D eigenvalue weighted by atomic mass is 10.1. The van der Waals surface area contributed by atoms with E-state index in [1.807, 2.05) is 6.92 Å². The molecule has 0 bridgehead atoms. The number of anilines is 1. The third-order valence-electron chi connectivity index (χ3n) is 3.48. The van der Waals surface area contributed by atoms with Gasteiger partial charge in [0.2, 0.25) is 5.91 Å². The van der Waals surface area contributed by atoms with Crippen molar-refractivity contribution in [2.24, 2.45) is 0 Å². The van der Waals surface area contributed by atoms with E-state index in [4.69, 9.17) is 0 Å². The van der Waals surface area contributed by atoms with Crippen LogP contribution in [0.5, 0.6) is 0 Å². The smallest absolute Gasteiger partial charge is 0.239 e. The van der Waals surface area contributed by atoms with E-state index in [2.05, 4.69) is 20.4 Å². The Morgan fingerprint density at radius 3 is 3.18 bits per heavy atom. The Hall–Kier alpha value is -1.52. The topological polar surface area (TPSA) is 61.0 Å². The number of rotatable bonds is 3. The number of nitrogens with one attached hydrogen (secondary N) is 2. The summed E-state index contributed by atoms with van der Waals surface area (Å²) in [4.78, 5) is 13.9. The second kappa shape index (κ2) is 4.05. The third-order valence-corrected chi connectivity index (χ3v) is 3.48. The summed E-state index contributed by atoms with van der Waals surface area (Å²) >= 11 is 0. The lowest BCUT2D eigenvalue weighted by Crippen LogP contribution is -2.40. The first-order valence-corrected chi connectivity index (χ1v) is 6.32. The predicted molar refractivity (Wildman–Crippen MR) is 65.0 cm³/mol. The van der Waals surface area contributed by atoms with Gasteiger partial charge in [0.15, 0.2) is 5.82 Å². The van der Waals surface area contributed by atoms with Gasteiger partial charge < -0.3 is 10.2 Å². The van der Waals surface area contributed by atoms with E-state index in [1.54, 1.807) is 0 Å². The number of aromatic amines is 1. The molecule has 0 unspecified atom stereocenters. The molecule has 1 aliphatic carbocycles. The average molecular weight is 234 g/mol. The number of hydrogen-bond donors (Lipinski definition) is 2. The van der Waals surface area contributed by atoms with Crippen molar-refractivity contribution >= 4 is 11.7 Å². The number of aromatic nitrogens is 2. The van der Waals surface area contributed by atoms with E-state index < -0.39 is 0 Å². The van der Waals surface area contributed by atoms with Crippen molar-refractivity contribution in [1.82, 2.24) is 15.5 Å². The summed E-state index contributed by atoms with van der Waals surface area (Å²) in [7, 11) is 0. The van der Waals surface area contributed by atoms with Crippen LogP contribution in [-0.4, -0.2) is 35.2 Å². The minimum Gasteiger partial charge on any atom is -0.352 e. The first kappa shape index (κ1) is 10.6. The van der Waals surface area contributed by atoms with Gasteiger partial charge in [-0.25, -0.2) is 0 Å². The van der Waals surface area contributed by atoms with Gasteiger partial charge in [0.25, 0.3) is 0 Å². The Morgan fingerprint density at radius 2 is 2.41 bits per heavy atom. The van der Waals surface area contributed by atoms with Crippen LogP contribution in [-0.2, 0) is 11.2 Å². The zero-order chi connectivity index (χ0) is 11.8. The molecule has 2 aliphatic rings. The van der Waals surface area contributed by atoms with Crippen LogP contribution in [0.25, 0.3) is 0 Å². The summed E-state index contributed by atoms with van der Waals surface area (Å²) in [5.41, 5.74) is 2.41. The van der Waals surface area contributed by atoms with E-state index in [1.165, 1.54) is 5.56 Å². The number of H-pyrrole nitrogens is 1. The van der Waals surface area contributed by atoms with Crippen LogP contribution in [0.2, 0.25) is 0 Å². The SMILES string of the molecule is Cc1[nH]nc2c1CCCN2CC(=O)NC1CC1. The molecule has 5 nitrogen and oxygen atoms in total. The van der Waals surface area contributed by atoms with Crippen LogP contribution in [0, 0.1) is 6.92 Å². The minimum atomic E-state index is 0.126. The monoisotopic (exact) mass is 234 g/mol. The molecule has 2 N–H and O–H groups in total. The van der Waals surface area contributed by atoms with Crippen LogP contribution in [0.15, 0.2) is 0 Å². The molecule has 0 radical (unpaired) electrons. The molecule has 0 atom stereocenters. The van der Waals surface area contributed by atoms with Gasteiger partial charge in [0, 0.05) is 23.8 Å². The summed E-state index contributed by atoms with van der Waals surface area (Å²) in [6.45, 7) is 3.41. The second-order valence-corrected chi connectivity index (χ2v) is 5.02. The Kier molecular flexibility index (Phi) is 2.53. The maximum absolute atomic E-state index is 11.8. The molecule has 1 aliphatic heterocycles. The van der Waals surface area contributed by atoms with Crippen molar-refractivity contribution in [3.63, 3.8) is 0 Å². The molecular formula is C12H18N4O. The summed E-state index contributed by atoms with van der Waals surface area (Å²) in [5.74, 6) is 1.10. The standard InChI is InChI=1S/C12H18N4O/c1-8-10-3-2-6-16(12(10)15-14-8)7-11(17)13-9-4-5-9/h9H,2-7H2,1H3,(H,13,17)(H,14,15). The molecule has 0 saturated heterocycles. The number of aryl methyl sites for hydroxylation is 1. The highest BCUT2D eigenvalue weighted by Crippen LogP contribution is 2.26. The van der Waals surface area contributed by atoms with Crippen LogP contribution < -0.4 is 10.2 Å². The molecule has 1 saturated carbocycles. The van der Waals surface area contributed by atoms with Gasteiger partial charge in [-0.15, -0.1) is 0 Å². The van der Waals surface area contributed by atoms with Gasteiger partial charge >= 0.3 is 0 Å². The maximum Gasteiger partial charge on any atom is 0.239 e. The van der Waals surface area contributed by atoms with Crippen molar-refractivity contribution in [2.45, 2.75) is 38.6 Å². The van der Waals surface area contributed by atoms with Gasteiger partial charge in [-0.05, 0) is 32.6 Å². The Morgan fingerprint density at radius 1 is 1.59 bits per heavy atom. The number of carbonyl (C=O) groups excluding carboxylic acids is 1. The second-order valence-electron chi connectivity index (χ2n) is 5.02. The summed E-state index contributed by atoms with van der Waals surface area (Å²) < 4.78 is 0. The zero-order valence-electron chi connectivity index (χ0n) is 10.1. The van der Waals surface area contributed by atoms with Crippen molar-refractivity contribution in [3.8, 4) is 0 Å². The van der Waals surface area contributed by atoms with Gasteiger partial charge in [0.05, 0.1) is 6.54 Å². The minimum absolute atomic E-state index is 0.126. The average Bonchev–Trinajstić information content (AvgIpc) is 3.03. The third kappa shape index (κ3) is 2.14. The van der Waals surface area contributed by atoms with Gasteiger partial charge in [-0.2, -0.15) is 5.10 Å². The fourth-order valence-electron chi connectivity index (χ4n) is 2.38. The normalized spacial score (nSPS) is 19.0. The first-order valence-electron chi connectivity index (χ1n) is 6.32. The molecule has 5 heteroatoms.